The van der Waals surface area contributed by atoms with E-state index in [4.69, 9.17) is 5.11 Å². The number of nitrogens with one attached hydrogen (secondary N) is 1. The first-order chi connectivity index (χ1) is 9.22. The highest BCUT2D eigenvalue weighted by atomic mass is 16.4. The first-order valence-corrected chi connectivity index (χ1v) is 6.42. The Kier molecular flexibility index (Phi) is 3.03. The third kappa shape index (κ3) is 2.81. The highest BCUT2D eigenvalue weighted by Gasteiger charge is 2.32. The molecule has 0 spiro atoms. The van der Waals surface area contributed by atoms with Gasteiger partial charge >= 0.3 is 5.97 Å². The van der Waals surface area contributed by atoms with Crippen LogP contribution in [0.5, 0.6) is 0 Å². The Balaban J connectivity index is 1.80. The number of fused-ring (bicyclic) bond motifs is 1. The van der Waals surface area contributed by atoms with Crippen LogP contribution >= 0.6 is 0 Å². The SMILES string of the molecule is O=C(O)CC(Nc1cnc2ccccc2n1)C1CC1. The quantitative estimate of drug-likeness (QED) is 0.859. The van der Waals surface area contributed by atoms with Crippen LogP contribution in [0.2, 0.25) is 0 Å². The first kappa shape index (κ1) is 11.9. The second-order valence-corrected chi connectivity index (χ2v) is 4.93. The predicted molar refractivity (Wildman–Crippen MR) is 71.9 cm³/mol. The Hall–Kier alpha value is -2.17. The summed E-state index contributed by atoms with van der Waals surface area (Å²) in [5.74, 6) is 0.319. The third-order valence-corrected chi connectivity index (χ3v) is 3.37. The summed E-state index contributed by atoms with van der Waals surface area (Å²) < 4.78 is 0. The zero-order valence-electron chi connectivity index (χ0n) is 10.4. The molecule has 1 aromatic heterocycles. The average Bonchev–Trinajstić information content (AvgIpc) is 3.21. The molecule has 1 aliphatic carbocycles. The minimum atomic E-state index is -0.779. The molecule has 1 atom stereocenters. The lowest BCUT2D eigenvalue weighted by Crippen LogP contribution is -2.25. The molecule has 98 valence electrons. The van der Waals surface area contributed by atoms with Gasteiger partial charge in [0.1, 0.15) is 5.82 Å². The molecule has 0 radical (unpaired) electrons. The third-order valence-electron chi connectivity index (χ3n) is 3.37. The van der Waals surface area contributed by atoms with E-state index in [0.29, 0.717) is 11.7 Å². The van der Waals surface area contributed by atoms with Gasteiger partial charge in [0.15, 0.2) is 0 Å². The molecule has 0 saturated heterocycles. The normalized spacial score (nSPS) is 16.2. The number of aromatic nitrogens is 2. The maximum absolute atomic E-state index is 10.9. The van der Waals surface area contributed by atoms with E-state index in [0.717, 1.165) is 23.9 Å². The van der Waals surface area contributed by atoms with Crippen molar-refractivity contribution >= 4 is 22.8 Å². The Morgan fingerprint density at radius 3 is 2.79 bits per heavy atom. The summed E-state index contributed by atoms with van der Waals surface area (Å²) in [6.45, 7) is 0. The van der Waals surface area contributed by atoms with Gasteiger partial charge in [-0.3, -0.25) is 9.78 Å². The fourth-order valence-electron chi connectivity index (χ4n) is 2.24. The van der Waals surface area contributed by atoms with Crippen LogP contribution in [0.4, 0.5) is 5.82 Å². The summed E-state index contributed by atoms with van der Waals surface area (Å²) in [4.78, 5) is 19.7. The molecule has 5 heteroatoms. The number of anilines is 1. The molecule has 1 saturated carbocycles. The van der Waals surface area contributed by atoms with Crippen molar-refractivity contribution in [2.75, 3.05) is 5.32 Å². The van der Waals surface area contributed by atoms with Crippen LogP contribution in [0.1, 0.15) is 19.3 Å². The lowest BCUT2D eigenvalue weighted by atomic mass is 10.1. The predicted octanol–water partition coefficient (Wildman–Crippen LogP) is 2.30. The summed E-state index contributed by atoms with van der Waals surface area (Å²) in [6.07, 6.45) is 3.97. The Morgan fingerprint density at radius 2 is 2.11 bits per heavy atom. The van der Waals surface area contributed by atoms with Crippen molar-refractivity contribution in [1.29, 1.82) is 0 Å². The van der Waals surface area contributed by atoms with Gasteiger partial charge in [0.2, 0.25) is 0 Å². The lowest BCUT2D eigenvalue weighted by Gasteiger charge is -2.16. The van der Waals surface area contributed by atoms with Crippen molar-refractivity contribution in [3.8, 4) is 0 Å². The van der Waals surface area contributed by atoms with E-state index in [1.165, 1.54) is 0 Å². The molecule has 5 nitrogen and oxygen atoms in total. The maximum Gasteiger partial charge on any atom is 0.305 e. The van der Waals surface area contributed by atoms with Crippen molar-refractivity contribution < 1.29 is 9.90 Å². The van der Waals surface area contributed by atoms with Crippen molar-refractivity contribution in [3.63, 3.8) is 0 Å². The van der Waals surface area contributed by atoms with Crippen LogP contribution in [0.25, 0.3) is 11.0 Å². The van der Waals surface area contributed by atoms with Crippen LogP contribution < -0.4 is 5.32 Å². The zero-order chi connectivity index (χ0) is 13.2. The second-order valence-electron chi connectivity index (χ2n) is 4.93. The topological polar surface area (TPSA) is 75.1 Å². The number of rotatable bonds is 5. The van der Waals surface area contributed by atoms with E-state index in [-0.39, 0.29) is 12.5 Å². The summed E-state index contributed by atoms with van der Waals surface area (Å²) in [6, 6.07) is 7.59. The van der Waals surface area contributed by atoms with Gasteiger partial charge in [-0.2, -0.15) is 0 Å². The van der Waals surface area contributed by atoms with Crippen LogP contribution in [0, 0.1) is 5.92 Å². The fourth-order valence-corrected chi connectivity index (χ4v) is 2.24. The van der Waals surface area contributed by atoms with E-state index < -0.39 is 5.97 Å². The smallest absolute Gasteiger partial charge is 0.305 e. The highest BCUT2D eigenvalue weighted by Crippen LogP contribution is 2.35. The molecule has 1 aliphatic rings. The molecule has 0 amide bonds. The number of carbonyl (C=O) groups is 1. The molecule has 3 rings (SSSR count). The zero-order valence-corrected chi connectivity index (χ0v) is 10.4. The molecule has 0 bridgehead atoms. The lowest BCUT2D eigenvalue weighted by molar-refractivity contribution is -0.137. The molecule has 1 heterocycles. The number of nitrogens with zero attached hydrogens (tertiary/aromatic N) is 2. The maximum atomic E-state index is 10.9. The summed E-state index contributed by atoms with van der Waals surface area (Å²) in [5, 5.41) is 12.1. The van der Waals surface area contributed by atoms with Crippen molar-refractivity contribution in [2.45, 2.75) is 25.3 Å². The average molecular weight is 257 g/mol. The van der Waals surface area contributed by atoms with Crippen LogP contribution in [-0.2, 0) is 4.79 Å². The molecule has 19 heavy (non-hydrogen) atoms. The molecule has 0 aliphatic heterocycles. The van der Waals surface area contributed by atoms with E-state index in [2.05, 4.69) is 15.3 Å². The number of aliphatic carboxylic acids is 1. The number of carboxylic acids is 1. The van der Waals surface area contributed by atoms with Gasteiger partial charge in [0, 0.05) is 6.04 Å². The van der Waals surface area contributed by atoms with Gasteiger partial charge in [-0.1, -0.05) is 12.1 Å². The number of hydrogen-bond acceptors (Lipinski definition) is 4. The molecule has 1 aromatic carbocycles. The highest BCUT2D eigenvalue weighted by molar-refractivity contribution is 5.75. The van der Waals surface area contributed by atoms with E-state index in [1.54, 1.807) is 6.20 Å². The Morgan fingerprint density at radius 1 is 1.37 bits per heavy atom. The first-order valence-electron chi connectivity index (χ1n) is 6.42. The summed E-state index contributed by atoms with van der Waals surface area (Å²) in [7, 11) is 0. The number of hydrogen-bond donors (Lipinski definition) is 2. The van der Waals surface area contributed by atoms with Crippen molar-refractivity contribution in [1.82, 2.24) is 9.97 Å². The molecule has 2 aromatic rings. The molecular formula is C14H15N3O2. The van der Waals surface area contributed by atoms with Crippen molar-refractivity contribution in [3.05, 3.63) is 30.5 Å². The van der Waals surface area contributed by atoms with E-state index in [9.17, 15) is 4.79 Å². The summed E-state index contributed by atoms with van der Waals surface area (Å²) >= 11 is 0. The summed E-state index contributed by atoms with van der Waals surface area (Å²) in [5.41, 5.74) is 1.66. The number of benzene rings is 1. The van der Waals surface area contributed by atoms with Gasteiger partial charge in [-0.05, 0) is 30.9 Å². The number of para-hydroxylation sites is 2. The fraction of sp³-hybridized carbons (Fsp3) is 0.357. The molecule has 1 fully saturated rings. The van der Waals surface area contributed by atoms with Crippen LogP contribution in [0.15, 0.2) is 30.5 Å². The van der Waals surface area contributed by atoms with Gasteiger partial charge in [-0.25, -0.2) is 4.98 Å². The van der Waals surface area contributed by atoms with E-state index >= 15 is 0 Å². The monoisotopic (exact) mass is 257 g/mol. The number of carboxylic acid groups (broad SMARTS) is 1. The standard InChI is InChI=1S/C14H15N3O2/c18-14(19)7-12(9-5-6-9)17-13-8-15-10-3-1-2-4-11(10)16-13/h1-4,8-9,12H,5-7H2,(H,16,17)(H,18,19). The second kappa shape index (κ2) is 4.84. The van der Waals surface area contributed by atoms with Gasteiger partial charge in [-0.15, -0.1) is 0 Å². The molecular weight excluding hydrogens is 242 g/mol. The Labute approximate surface area is 110 Å². The minimum Gasteiger partial charge on any atom is -0.481 e. The van der Waals surface area contributed by atoms with E-state index in [1.807, 2.05) is 24.3 Å². The Bertz CT molecular complexity index is 610. The molecule has 2 N–H and O–H groups in total. The van der Waals surface area contributed by atoms with Gasteiger partial charge < -0.3 is 10.4 Å². The van der Waals surface area contributed by atoms with Crippen LogP contribution in [0.3, 0.4) is 0 Å². The van der Waals surface area contributed by atoms with Gasteiger partial charge in [0.05, 0.1) is 23.7 Å². The molecule has 1 unspecified atom stereocenters. The minimum absolute atomic E-state index is 0.0482. The van der Waals surface area contributed by atoms with Crippen molar-refractivity contribution in [2.24, 2.45) is 5.92 Å². The van der Waals surface area contributed by atoms with Crippen LogP contribution in [-0.4, -0.2) is 27.1 Å². The largest absolute Gasteiger partial charge is 0.481 e. The van der Waals surface area contributed by atoms with Gasteiger partial charge in [0.25, 0.3) is 0 Å².